The van der Waals surface area contributed by atoms with Gasteiger partial charge < -0.3 is 15.5 Å². The van der Waals surface area contributed by atoms with Gasteiger partial charge in [0, 0.05) is 0 Å². The summed E-state index contributed by atoms with van der Waals surface area (Å²) in [4.78, 5) is 22.6. The van der Waals surface area contributed by atoms with E-state index in [0.717, 1.165) is 16.9 Å². The van der Waals surface area contributed by atoms with Crippen molar-refractivity contribution in [2.45, 2.75) is 6.42 Å². The highest BCUT2D eigenvalue weighted by Gasteiger charge is 2.09. The van der Waals surface area contributed by atoms with E-state index in [4.69, 9.17) is 10.2 Å². The molecule has 6 heteroatoms. The summed E-state index contributed by atoms with van der Waals surface area (Å²) in [7, 11) is 0. The molecule has 19 heavy (non-hydrogen) atoms. The van der Waals surface area contributed by atoms with Gasteiger partial charge in [-0.05, 0) is 29.8 Å². The lowest BCUT2D eigenvalue weighted by Gasteiger charge is -2.02. The molecule has 1 aromatic carbocycles. The van der Waals surface area contributed by atoms with Crippen molar-refractivity contribution in [3.63, 3.8) is 0 Å². The lowest BCUT2D eigenvalue weighted by Crippen LogP contribution is -2.13. The Morgan fingerprint density at radius 1 is 1.11 bits per heavy atom. The molecule has 0 fully saturated rings. The number of carbonyl (C=O) groups excluding carboxylic acids is 1. The highest BCUT2D eigenvalue weighted by atomic mass is 32.1. The number of phenols is 1. The van der Waals surface area contributed by atoms with Crippen LogP contribution >= 0.6 is 11.3 Å². The second kappa shape index (κ2) is 5.53. The summed E-state index contributed by atoms with van der Waals surface area (Å²) in [6.07, 6.45) is 0.167. The largest absolute Gasteiger partial charge is 0.508 e. The number of hydrogen-bond donors (Lipinski definition) is 3. The number of aromatic carboxylic acids is 1. The molecule has 0 aliphatic rings. The Labute approximate surface area is 113 Å². The zero-order valence-electron chi connectivity index (χ0n) is 9.79. The van der Waals surface area contributed by atoms with Crippen LogP contribution in [0.3, 0.4) is 0 Å². The number of thiophene rings is 1. The molecule has 0 saturated carbocycles. The van der Waals surface area contributed by atoms with Gasteiger partial charge in [0.15, 0.2) is 0 Å². The monoisotopic (exact) mass is 277 g/mol. The molecule has 2 rings (SSSR count). The quantitative estimate of drug-likeness (QED) is 0.800. The van der Waals surface area contributed by atoms with Crippen LogP contribution in [0.15, 0.2) is 36.4 Å². The first-order valence-electron chi connectivity index (χ1n) is 5.45. The number of benzene rings is 1. The number of rotatable bonds is 4. The average Bonchev–Trinajstić information content (AvgIpc) is 2.80. The maximum absolute atomic E-state index is 11.7. The first-order valence-corrected chi connectivity index (χ1v) is 6.27. The summed E-state index contributed by atoms with van der Waals surface area (Å²) >= 11 is 1.01. The standard InChI is InChI=1S/C13H11NO4S/c15-9-3-1-8(2-4-9)7-11(16)14-12-6-5-10(19-12)13(17)18/h1-6,15H,7H2,(H,14,16)(H,17,18). The molecule has 1 heterocycles. The van der Waals surface area contributed by atoms with Crippen LogP contribution in [0, 0.1) is 0 Å². The summed E-state index contributed by atoms with van der Waals surface area (Å²) in [6.45, 7) is 0. The van der Waals surface area contributed by atoms with E-state index in [9.17, 15) is 9.59 Å². The highest BCUT2D eigenvalue weighted by Crippen LogP contribution is 2.22. The smallest absolute Gasteiger partial charge is 0.345 e. The van der Waals surface area contributed by atoms with Crippen molar-refractivity contribution in [3.05, 3.63) is 46.8 Å². The van der Waals surface area contributed by atoms with Gasteiger partial charge in [-0.25, -0.2) is 4.79 Å². The van der Waals surface area contributed by atoms with Gasteiger partial charge in [-0.1, -0.05) is 12.1 Å². The van der Waals surface area contributed by atoms with E-state index in [0.29, 0.717) is 5.00 Å². The van der Waals surface area contributed by atoms with Gasteiger partial charge in [0.25, 0.3) is 0 Å². The molecule has 5 nitrogen and oxygen atoms in total. The average molecular weight is 277 g/mol. The van der Waals surface area contributed by atoms with Crippen LogP contribution in [0.5, 0.6) is 5.75 Å². The number of aromatic hydroxyl groups is 1. The van der Waals surface area contributed by atoms with E-state index >= 15 is 0 Å². The van der Waals surface area contributed by atoms with Gasteiger partial charge in [-0.3, -0.25) is 4.79 Å². The number of carbonyl (C=O) groups is 2. The van der Waals surface area contributed by atoms with E-state index in [-0.39, 0.29) is 23.0 Å². The van der Waals surface area contributed by atoms with E-state index in [1.807, 2.05) is 0 Å². The normalized spacial score (nSPS) is 10.1. The van der Waals surface area contributed by atoms with E-state index in [2.05, 4.69) is 5.32 Å². The minimum atomic E-state index is -1.01. The fraction of sp³-hybridized carbons (Fsp3) is 0.0769. The second-order valence-electron chi connectivity index (χ2n) is 3.86. The molecular weight excluding hydrogens is 266 g/mol. The predicted molar refractivity (Wildman–Crippen MR) is 71.7 cm³/mol. The molecule has 0 bridgehead atoms. The Hall–Kier alpha value is -2.34. The Kier molecular flexibility index (Phi) is 3.82. The van der Waals surface area contributed by atoms with Gasteiger partial charge in [0.1, 0.15) is 10.6 Å². The number of hydrogen-bond acceptors (Lipinski definition) is 4. The van der Waals surface area contributed by atoms with Gasteiger partial charge >= 0.3 is 5.97 Å². The maximum atomic E-state index is 11.7. The van der Waals surface area contributed by atoms with Gasteiger partial charge in [-0.15, -0.1) is 11.3 Å². The lowest BCUT2D eigenvalue weighted by atomic mass is 10.1. The molecule has 0 aliphatic carbocycles. The Bertz CT molecular complexity index is 603. The number of nitrogens with one attached hydrogen (secondary N) is 1. The Balaban J connectivity index is 1.97. The van der Waals surface area contributed by atoms with Crippen LogP contribution in [-0.2, 0) is 11.2 Å². The van der Waals surface area contributed by atoms with Crippen molar-refractivity contribution in [3.8, 4) is 5.75 Å². The fourth-order valence-corrected chi connectivity index (χ4v) is 2.26. The summed E-state index contributed by atoms with van der Waals surface area (Å²) in [5.74, 6) is -1.10. The molecule has 1 amide bonds. The Morgan fingerprint density at radius 3 is 2.37 bits per heavy atom. The van der Waals surface area contributed by atoms with Crippen molar-refractivity contribution >= 4 is 28.2 Å². The number of carboxylic acid groups (broad SMARTS) is 1. The molecule has 0 spiro atoms. The highest BCUT2D eigenvalue weighted by molar-refractivity contribution is 7.18. The predicted octanol–water partition coefficient (Wildman–Crippen LogP) is 2.33. The van der Waals surface area contributed by atoms with Crippen molar-refractivity contribution < 1.29 is 19.8 Å². The van der Waals surface area contributed by atoms with Gasteiger partial charge in [0.05, 0.1) is 11.4 Å². The van der Waals surface area contributed by atoms with E-state index < -0.39 is 5.97 Å². The van der Waals surface area contributed by atoms with Gasteiger partial charge in [-0.2, -0.15) is 0 Å². The van der Waals surface area contributed by atoms with Gasteiger partial charge in [0.2, 0.25) is 5.91 Å². The molecule has 1 aromatic heterocycles. The number of carboxylic acids is 1. The van der Waals surface area contributed by atoms with Crippen LogP contribution in [0.4, 0.5) is 5.00 Å². The van der Waals surface area contributed by atoms with E-state index in [1.165, 1.54) is 18.2 Å². The maximum Gasteiger partial charge on any atom is 0.345 e. The molecule has 3 N–H and O–H groups in total. The molecule has 0 atom stereocenters. The fourth-order valence-electron chi connectivity index (χ4n) is 1.50. The van der Waals surface area contributed by atoms with Crippen molar-refractivity contribution in [1.82, 2.24) is 0 Å². The van der Waals surface area contributed by atoms with E-state index in [1.54, 1.807) is 18.2 Å². The summed E-state index contributed by atoms with van der Waals surface area (Å²) in [5, 5.41) is 21.0. The summed E-state index contributed by atoms with van der Waals surface area (Å²) in [6, 6.07) is 9.34. The van der Waals surface area contributed by atoms with Crippen LogP contribution in [0.1, 0.15) is 15.2 Å². The summed E-state index contributed by atoms with van der Waals surface area (Å²) < 4.78 is 0. The number of anilines is 1. The summed E-state index contributed by atoms with van der Waals surface area (Å²) in [5.41, 5.74) is 0.769. The zero-order chi connectivity index (χ0) is 13.8. The van der Waals surface area contributed by atoms with Crippen LogP contribution in [-0.4, -0.2) is 22.1 Å². The molecule has 0 radical (unpaired) electrons. The van der Waals surface area contributed by atoms with Crippen molar-refractivity contribution in [1.29, 1.82) is 0 Å². The van der Waals surface area contributed by atoms with Crippen molar-refractivity contribution in [2.24, 2.45) is 0 Å². The molecular formula is C13H11NO4S. The van der Waals surface area contributed by atoms with Crippen LogP contribution in [0.2, 0.25) is 0 Å². The first kappa shape index (κ1) is 13.1. The number of phenolic OH excluding ortho intramolecular Hbond substituents is 1. The van der Waals surface area contributed by atoms with Crippen LogP contribution in [0.25, 0.3) is 0 Å². The number of amides is 1. The van der Waals surface area contributed by atoms with Crippen LogP contribution < -0.4 is 5.32 Å². The molecule has 0 unspecified atom stereocenters. The zero-order valence-corrected chi connectivity index (χ0v) is 10.6. The molecule has 0 saturated heterocycles. The minimum Gasteiger partial charge on any atom is -0.508 e. The first-order chi connectivity index (χ1) is 9.04. The molecule has 2 aromatic rings. The third-order valence-corrected chi connectivity index (χ3v) is 3.37. The molecule has 0 aliphatic heterocycles. The van der Waals surface area contributed by atoms with Crippen molar-refractivity contribution in [2.75, 3.05) is 5.32 Å². The third kappa shape index (κ3) is 3.56. The topological polar surface area (TPSA) is 86.6 Å². The SMILES string of the molecule is O=C(Cc1ccc(O)cc1)Nc1ccc(C(=O)O)s1. The second-order valence-corrected chi connectivity index (χ2v) is 4.94. The minimum absolute atomic E-state index is 0.147. The molecule has 98 valence electrons. The Morgan fingerprint density at radius 2 is 1.79 bits per heavy atom. The lowest BCUT2D eigenvalue weighted by molar-refractivity contribution is -0.115. The third-order valence-electron chi connectivity index (χ3n) is 2.38.